The number of carbonyl (C=O) groups is 2. The van der Waals surface area contributed by atoms with Gasteiger partial charge in [0.05, 0.1) is 6.61 Å². The molecular weight excluding hydrogens is 304 g/mol. The number of nitrogens with one attached hydrogen (secondary N) is 2. The van der Waals surface area contributed by atoms with Crippen LogP contribution in [-0.2, 0) is 9.59 Å². The molecule has 0 aliphatic carbocycles. The summed E-state index contributed by atoms with van der Waals surface area (Å²) in [6.45, 7) is 0.389. The highest BCUT2D eigenvalue weighted by molar-refractivity contribution is 7.98. The number of phenols is 1. The number of rotatable bonds is 9. The van der Waals surface area contributed by atoms with E-state index in [1.807, 2.05) is 6.26 Å². The number of hydrogen-bond acceptors (Lipinski definition) is 5. The summed E-state index contributed by atoms with van der Waals surface area (Å²) in [6.07, 6.45) is 3.99. The van der Waals surface area contributed by atoms with Gasteiger partial charge in [0.1, 0.15) is 11.5 Å². The van der Waals surface area contributed by atoms with Gasteiger partial charge < -0.3 is 9.84 Å². The van der Waals surface area contributed by atoms with E-state index in [0.29, 0.717) is 25.2 Å². The largest absolute Gasteiger partial charge is 0.508 e. The number of aromatic hydroxyl groups is 1. The first-order valence-electron chi connectivity index (χ1n) is 7.10. The number of carbonyl (C=O) groups excluding carboxylic acids is 2. The minimum Gasteiger partial charge on any atom is -0.508 e. The first-order valence-corrected chi connectivity index (χ1v) is 8.49. The first-order chi connectivity index (χ1) is 10.6. The third-order valence-corrected chi connectivity index (χ3v) is 3.44. The summed E-state index contributed by atoms with van der Waals surface area (Å²) in [6, 6.07) is 6.39. The monoisotopic (exact) mass is 326 g/mol. The lowest BCUT2D eigenvalue weighted by molar-refractivity contribution is -0.129. The fourth-order valence-corrected chi connectivity index (χ4v) is 2.04. The summed E-state index contributed by atoms with van der Waals surface area (Å²) in [4.78, 5) is 22.9. The highest BCUT2D eigenvalue weighted by Gasteiger charge is 2.04. The maximum atomic E-state index is 11.5. The highest BCUT2D eigenvalue weighted by Crippen LogP contribution is 2.15. The number of phenolic OH excluding ortho intramolecular Hbond substituents is 1. The molecule has 0 radical (unpaired) electrons. The molecule has 7 heteroatoms. The van der Waals surface area contributed by atoms with Crippen molar-refractivity contribution in [3.05, 3.63) is 24.3 Å². The molecular formula is C15H22N2O4S. The molecule has 0 aliphatic heterocycles. The standard InChI is InChI=1S/C15H22N2O4S/c1-22-11-3-5-15(20)17-16-14(19)4-2-10-21-13-8-6-12(18)7-9-13/h6-9,18H,2-5,10-11H2,1H3,(H,16,19)(H,17,20). The molecule has 0 heterocycles. The Kier molecular flexibility index (Phi) is 8.90. The van der Waals surface area contributed by atoms with Crippen LogP contribution in [-0.4, -0.2) is 35.5 Å². The molecule has 0 unspecified atom stereocenters. The number of benzene rings is 1. The molecule has 0 atom stereocenters. The van der Waals surface area contributed by atoms with E-state index in [9.17, 15) is 9.59 Å². The average molecular weight is 326 g/mol. The quantitative estimate of drug-likeness (QED) is 0.476. The zero-order chi connectivity index (χ0) is 16.2. The van der Waals surface area contributed by atoms with Crippen molar-refractivity contribution in [1.29, 1.82) is 0 Å². The molecule has 2 amide bonds. The maximum Gasteiger partial charge on any atom is 0.238 e. The number of ether oxygens (including phenoxy) is 1. The van der Waals surface area contributed by atoms with Crippen LogP contribution in [0.25, 0.3) is 0 Å². The van der Waals surface area contributed by atoms with Gasteiger partial charge in [-0.25, -0.2) is 0 Å². The average Bonchev–Trinajstić information content (AvgIpc) is 2.51. The van der Waals surface area contributed by atoms with E-state index in [2.05, 4.69) is 10.9 Å². The van der Waals surface area contributed by atoms with E-state index in [4.69, 9.17) is 9.84 Å². The molecule has 0 bridgehead atoms. The van der Waals surface area contributed by atoms with Crippen molar-refractivity contribution in [3.63, 3.8) is 0 Å². The molecule has 1 rings (SSSR count). The van der Waals surface area contributed by atoms with Gasteiger partial charge >= 0.3 is 0 Å². The Bertz CT molecular complexity index is 465. The van der Waals surface area contributed by atoms with Crippen LogP contribution in [0.3, 0.4) is 0 Å². The summed E-state index contributed by atoms with van der Waals surface area (Å²) in [5.41, 5.74) is 4.77. The summed E-state index contributed by atoms with van der Waals surface area (Å²) in [7, 11) is 0. The summed E-state index contributed by atoms with van der Waals surface area (Å²) >= 11 is 1.69. The van der Waals surface area contributed by atoms with Gasteiger partial charge in [0.25, 0.3) is 0 Å². The van der Waals surface area contributed by atoms with Crippen molar-refractivity contribution in [3.8, 4) is 11.5 Å². The Morgan fingerprint density at radius 1 is 1.09 bits per heavy atom. The predicted octanol–water partition coefficient (Wildman–Crippen LogP) is 1.84. The van der Waals surface area contributed by atoms with Gasteiger partial charge in [0, 0.05) is 12.8 Å². The second-order valence-electron chi connectivity index (χ2n) is 4.64. The molecule has 1 aromatic rings. The lowest BCUT2D eigenvalue weighted by Gasteiger charge is -2.08. The predicted molar refractivity (Wildman–Crippen MR) is 86.7 cm³/mol. The Labute approximate surface area is 134 Å². The number of thioether (sulfide) groups is 1. The molecule has 0 saturated heterocycles. The molecule has 0 aliphatic rings. The van der Waals surface area contributed by atoms with Crippen molar-refractivity contribution in [2.24, 2.45) is 0 Å². The van der Waals surface area contributed by atoms with E-state index in [1.54, 1.807) is 23.9 Å². The SMILES string of the molecule is CSCCCC(=O)NNC(=O)CCCOc1ccc(O)cc1. The Morgan fingerprint density at radius 3 is 2.27 bits per heavy atom. The molecule has 122 valence electrons. The van der Waals surface area contributed by atoms with Crippen LogP contribution < -0.4 is 15.6 Å². The maximum absolute atomic E-state index is 11.5. The van der Waals surface area contributed by atoms with Crippen molar-refractivity contribution in [2.45, 2.75) is 25.7 Å². The molecule has 3 N–H and O–H groups in total. The molecule has 0 spiro atoms. The molecule has 0 saturated carbocycles. The van der Waals surface area contributed by atoms with Crippen LogP contribution in [0.15, 0.2) is 24.3 Å². The molecule has 6 nitrogen and oxygen atoms in total. The Morgan fingerprint density at radius 2 is 1.68 bits per heavy atom. The van der Waals surface area contributed by atoms with Crippen LogP contribution in [0.5, 0.6) is 11.5 Å². The van der Waals surface area contributed by atoms with Crippen LogP contribution in [0.4, 0.5) is 0 Å². The second kappa shape index (κ2) is 10.8. The molecule has 22 heavy (non-hydrogen) atoms. The van der Waals surface area contributed by atoms with Gasteiger partial charge in [-0.1, -0.05) is 0 Å². The summed E-state index contributed by atoms with van der Waals surface area (Å²) in [5, 5.41) is 9.13. The van der Waals surface area contributed by atoms with E-state index in [-0.39, 0.29) is 24.0 Å². The zero-order valence-electron chi connectivity index (χ0n) is 12.6. The third-order valence-electron chi connectivity index (χ3n) is 2.75. The van der Waals surface area contributed by atoms with Crippen molar-refractivity contribution in [1.82, 2.24) is 10.9 Å². The fourth-order valence-electron chi connectivity index (χ4n) is 1.61. The van der Waals surface area contributed by atoms with E-state index < -0.39 is 0 Å². The normalized spacial score (nSPS) is 10.0. The highest BCUT2D eigenvalue weighted by atomic mass is 32.2. The summed E-state index contributed by atoms with van der Waals surface area (Å²) in [5.74, 6) is 1.33. The smallest absolute Gasteiger partial charge is 0.238 e. The Balaban J connectivity index is 2.05. The third kappa shape index (κ3) is 8.41. The fraction of sp³-hybridized carbons (Fsp3) is 0.467. The van der Waals surface area contributed by atoms with Crippen LogP contribution >= 0.6 is 11.8 Å². The van der Waals surface area contributed by atoms with E-state index in [1.165, 1.54) is 12.1 Å². The second-order valence-corrected chi connectivity index (χ2v) is 5.62. The van der Waals surface area contributed by atoms with Gasteiger partial charge in [-0.2, -0.15) is 11.8 Å². The van der Waals surface area contributed by atoms with Crippen molar-refractivity contribution in [2.75, 3.05) is 18.6 Å². The van der Waals surface area contributed by atoms with Crippen molar-refractivity contribution >= 4 is 23.6 Å². The molecule has 0 fully saturated rings. The molecule has 1 aromatic carbocycles. The lowest BCUT2D eigenvalue weighted by atomic mass is 10.3. The van der Waals surface area contributed by atoms with Gasteiger partial charge in [0.2, 0.25) is 11.8 Å². The Hall–Kier alpha value is -1.89. The minimum absolute atomic E-state index is 0.178. The topological polar surface area (TPSA) is 87.7 Å². The van der Waals surface area contributed by atoms with Crippen molar-refractivity contribution < 1.29 is 19.4 Å². The number of hydrogen-bond donors (Lipinski definition) is 3. The summed E-state index contributed by atoms with van der Waals surface area (Å²) < 4.78 is 5.42. The van der Waals surface area contributed by atoms with E-state index in [0.717, 1.165) is 12.2 Å². The van der Waals surface area contributed by atoms with Gasteiger partial charge in [-0.05, 0) is 49.1 Å². The minimum atomic E-state index is -0.243. The number of amides is 2. The van der Waals surface area contributed by atoms with Crippen LogP contribution in [0.2, 0.25) is 0 Å². The van der Waals surface area contributed by atoms with Crippen LogP contribution in [0, 0.1) is 0 Å². The van der Waals surface area contributed by atoms with Crippen LogP contribution in [0.1, 0.15) is 25.7 Å². The lowest BCUT2D eigenvalue weighted by Crippen LogP contribution is -2.41. The number of hydrazine groups is 1. The first kappa shape index (κ1) is 18.2. The molecule has 0 aromatic heterocycles. The van der Waals surface area contributed by atoms with E-state index >= 15 is 0 Å². The zero-order valence-corrected chi connectivity index (χ0v) is 13.4. The van der Waals surface area contributed by atoms with Gasteiger partial charge in [-0.3, -0.25) is 20.4 Å². The van der Waals surface area contributed by atoms with Gasteiger partial charge in [0.15, 0.2) is 0 Å². The van der Waals surface area contributed by atoms with Gasteiger partial charge in [-0.15, -0.1) is 0 Å².